The summed E-state index contributed by atoms with van der Waals surface area (Å²) in [5.41, 5.74) is 15.8. The van der Waals surface area contributed by atoms with Crippen LogP contribution in [0.5, 0.6) is 0 Å². The minimum absolute atomic E-state index is 0.590. The van der Waals surface area contributed by atoms with E-state index in [0.717, 1.165) is 77.7 Å². The van der Waals surface area contributed by atoms with Gasteiger partial charge in [-0.25, -0.2) is 15.0 Å². The van der Waals surface area contributed by atoms with Crippen molar-refractivity contribution in [3.8, 4) is 67.8 Å². The first-order chi connectivity index (χ1) is 36.2. The van der Waals surface area contributed by atoms with Crippen molar-refractivity contribution >= 4 is 76.3 Å². The van der Waals surface area contributed by atoms with Crippen LogP contribution in [0.3, 0.4) is 0 Å². The third-order valence-electron chi connectivity index (χ3n) is 14.6. The standard InChI is InChI=1S/C67H41N5O/c1-5-17-43(18-6-1)65-68-66(44-19-7-2-8-20-44)70-67(69-65)52-26-15-27-62-64(52)56-41-48(32-37-61(56)73-62)46-30-34-58-54(39-46)53-38-45(29-33-57(53)71(58)49-21-9-3-10-22-49)47-31-35-59-55(40-47)63-51-25-14-13-16-42(51)28-36-60(63)72(59)50-23-11-4-12-24-50/h1-41H. The van der Waals surface area contributed by atoms with Gasteiger partial charge in [0.2, 0.25) is 0 Å². The van der Waals surface area contributed by atoms with Crippen LogP contribution in [0.1, 0.15) is 0 Å². The van der Waals surface area contributed by atoms with E-state index in [1.807, 2.05) is 72.8 Å². The molecule has 6 heteroatoms. The average molecular weight is 932 g/mol. The molecule has 0 fully saturated rings. The number of benzene rings is 11. The maximum absolute atomic E-state index is 6.59. The predicted molar refractivity (Wildman–Crippen MR) is 300 cm³/mol. The average Bonchev–Trinajstić information content (AvgIpc) is 4.13. The third-order valence-corrected chi connectivity index (χ3v) is 14.6. The number of rotatable bonds is 7. The maximum atomic E-state index is 6.59. The van der Waals surface area contributed by atoms with Gasteiger partial charge >= 0.3 is 0 Å². The lowest BCUT2D eigenvalue weighted by molar-refractivity contribution is 0.669. The van der Waals surface area contributed by atoms with Gasteiger partial charge in [0.15, 0.2) is 17.5 Å². The van der Waals surface area contributed by atoms with E-state index in [0.29, 0.717) is 17.5 Å². The quantitative estimate of drug-likeness (QED) is 0.160. The van der Waals surface area contributed by atoms with Crippen LogP contribution in [0.15, 0.2) is 253 Å². The van der Waals surface area contributed by atoms with Gasteiger partial charge in [-0.3, -0.25) is 0 Å². The summed E-state index contributed by atoms with van der Waals surface area (Å²) in [6.45, 7) is 0. The zero-order valence-corrected chi connectivity index (χ0v) is 39.3. The van der Waals surface area contributed by atoms with E-state index >= 15 is 0 Å². The Labute approximate surface area is 419 Å². The second-order valence-corrected chi connectivity index (χ2v) is 18.7. The largest absolute Gasteiger partial charge is 0.456 e. The molecule has 0 amide bonds. The molecule has 0 radical (unpaired) electrons. The second-order valence-electron chi connectivity index (χ2n) is 18.7. The number of hydrogen-bond donors (Lipinski definition) is 0. The van der Waals surface area contributed by atoms with Crippen LogP contribution in [0.2, 0.25) is 0 Å². The summed E-state index contributed by atoms with van der Waals surface area (Å²) in [5, 5.41) is 9.31. The van der Waals surface area contributed by atoms with Crippen LogP contribution >= 0.6 is 0 Å². The molecule has 0 saturated carbocycles. The van der Waals surface area contributed by atoms with Crippen molar-refractivity contribution in [2.45, 2.75) is 0 Å². The molecular formula is C67H41N5O. The van der Waals surface area contributed by atoms with E-state index in [-0.39, 0.29) is 0 Å². The van der Waals surface area contributed by atoms with Gasteiger partial charge in [0.1, 0.15) is 11.2 Å². The molecule has 0 unspecified atom stereocenters. The molecule has 0 saturated heterocycles. The molecule has 0 bridgehead atoms. The monoisotopic (exact) mass is 931 g/mol. The van der Waals surface area contributed by atoms with Gasteiger partial charge in [-0.2, -0.15) is 0 Å². The van der Waals surface area contributed by atoms with Crippen molar-refractivity contribution in [2.75, 3.05) is 0 Å². The highest BCUT2D eigenvalue weighted by atomic mass is 16.3. The first-order valence-corrected chi connectivity index (χ1v) is 24.7. The van der Waals surface area contributed by atoms with Crippen molar-refractivity contribution in [2.24, 2.45) is 0 Å². The summed E-state index contributed by atoms with van der Waals surface area (Å²) in [7, 11) is 0. The van der Waals surface area contributed by atoms with Crippen molar-refractivity contribution in [3.05, 3.63) is 249 Å². The lowest BCUT2D eigenvalue weighted by atomic mass is 9.97. The summed E-state index contributed by atoms with van der Waals surface area (Å²) in [6, 6.07) is 88.3. The van der Waals surface area contributed by atoms with Crippen LogP contribution < -0.4 is 0 Å². The topological polar surface area (TPSA) is 61.7 Å². The minimum Gasteiger partial charge on any atom is -0.456 e. The molecule has 15 aromatic rings. The van der Waals surface area contributed by atoms with Gasteiger partial charge in [-0.1, -0.05) is 164 Å². The Kier molecular flexibility index (Phi) is 9.16. The van der Waals surface area contributed by atoms with Crippen LogP contribution in [-0.2, 0) is 0 Å². The Hall–Kier alpha value is -9.91. The van der Waals surface area contributed by atoms with Crippen LogP contribution in [0.4, 0.5) is 0 Å². The summed E-state index contributed by atoms with van der Waals surface area (Å²) in [4.78, 5) is 15.2. The summed E-state index contributed by atoms with van der Waals surface area (Å²) >= 11 is 0. The van der Waals surface area contributed by atoms with Gasteiger partial charge in [0.25, 0.3) is 0 Å². The van der Waals surface area contributed by atoms with E-state index in [2.05, 4.69) is 185 Å². The Morgan fingerprint density at radius 1 is 0.274 bits per heavy atom. The first-order valence-electron chi connectivity index (χ1n) is 24.7. The summed E-state index contributed by atoms with van der Waals surface area (Å²) in [5.74, 6) is 1.82. The number of fused-ring (bicyclic) bond motifs is 11. The molecule has 6 nitrogen and oxygen atoms in total. The van der Waals surface area contributed by atoms with E-state index < -0.39 is 0 Å². The Morgan fingerprint density at radius 2 is 0.740 bits per heavy atom. The van der Waals surface area contributed by atoms with Crippen molar-refractivity contribution in [1.29, 1.82) is 0 Å². The highest BCUT2D eigenvalue weighted by Gasteiger charge is 2.21. The number of nitrogens with zero attached hydrogens (tertiary/aromatic N) is 5. The number of hydrogen-bond acceptors (Lipinski definition) is 4. The van der Waals surface area contributed by atoms with Gasteiger partial charge in [0, 0.05) is 60.4 Å². The SMILES string of the molecule is c1ccc(-c2nc(-c3ccccc3)nc(-c3cccc4oc5ccc(-c6ccc7c(c6)c6cc(-c8ccc9c(c8)c8c%10ccccc%10ccc8n9-c8ccccc8)ccc6n7-c6ccccc6)cc5c34)n2)cc1. The molecule has 0 aliphatic carbocycles. The fraction of sp³-hybridized carbons (Fsp3) is 0. The Morgan fingerprint density at radius 3 is 1.34 bits per heavy atom. The normalized spacial score (nSPS) is 11.8. The molecule has 4 aromatic heterocycles. The molecule has 0 aliphatic rings. The molecular weight excluding hydrogens is 891 g/mol. The lowest BCUT2D eigenvalue weighted by Gasteiger charge is -2.09. The van der Waals surface area contributed by atoms with Crippen LogP contribution in [0.25, 0.3) is 144 Å². The number of furan rings is 1. The number of para-hydroxylation sites is 2. The predicted octanol–water partition coefficient (Wildman–Crippen LogP) is 17.5. The van der Waals surface area contributed by atoms with Gasteiger partial charge in [-0.05, 0) is 118 Å². The fourth-order valence-corrected chi connectivity index (χ4v) is 11.2. The molecule has 340 valence electrons. The molecule has 73 heavy (non-hydrogen) atoms. The van der Waals surface area contributed by atoms with Crippen molar-refractivity contribution < 1.29 is 4.42 Å². The van der Waals surface area contributed by atoms with Crippen LogP contribution in [-0.4, -0.2) is 24.1 Å². The van der Waals surface area contributed by atoms with Gasteiger partial charge in [0.05, 0.1) is 22.1 Å². The van der Waals surface area contributed by atoms with E-state index in [9.17, 15) is 0 Å². The molecule has 4 heterocycles. The Balaban J connectivity index is 0.904. The first kappa shape index (κ1) is 40.9. The van der Waals surface area contributed by atoms with Gasteiger partial charge < -0.3 is 13.6 Å². The highest BCUT2D eigenvalue weighted by molar-refractivity contribution is 6.22. The highest BCUT2D eigenvalue weighted by Crippen LogP contribution is 2.43. The second kappa shape index (κ2) is 16.3. The lowest BCUT2D eigenvalue weighted by Crippen LogP contribution is -2.00. The van der Waals surface area contributed by atoms with Gasteiger partial charge in [-0.15, -0.1) is 0 Å². The van der Waals surface area contributed by atoms with E-state index in [4.69, 9.17) is 19.4 Å². The molecule has 0 spiro atoms. The molecule has 0 aliphatic heterocycles. The maximum Gasteiger partial charge on any atom is 0.164 e. The smallest absolute Gasteiger partial charge is 0.164 e. The molecule has 15 rings (SSSR count). The number of aromatic nitrogens is 5. The van der Waals surface area contributed by atoms with E-state index in [1.54, 1.807) is 0 Å². The fourth-order valence-electron chi connectivity index (χ4n) is 11.2. The third kappa shape index (κ3) is 6.62. The zero-order valence-electron chi connectivity index (χ0n) is 39.3. The summed E-state index contributed by atoms with van der Waals surface area (Å²) < 4.78 is 11.4. The van der Waals surface area contributed by atoms with Crippen molar-refractivity contribution in [3.63, 3.8) is 0 Å². The molecule has 11 aromatic carbocycles. The summed E-state index contributed by atoms with van der Waals surface area (Å²) in [6.07, 6.45) is 0. The van der Waals surface area contributed by atoms with Crippen LogP contribution in [0, 0.1) is 0 Å². The zero-order chi connectivity index (χ0) is 48.0. The van der Waals surface area contributed by atoms with Crippen molar-refractivity contribution in [1.82, 2.24) is 24.1 Å². The Bertz CT molecular complexity index is 4590. The van der Waals surface area contributed by atoms with E-state index in [1.165, 1.54) is 48.9 Å². The molecule has 0 N–H and O–H groups in total. The molecule has 0 atom stereocenters. The minimum atomic E-state index is 0.590.